The Morgan fingerprint density at radius 2 is 1.79 bits per heavy atom. The van der Waals surface area contributed by atoms with Crippen LogP contribution in [0.2, 0.25) is 0 Å². The lowest BCUT2D eigenvalue weighted by Gasteiger charge is -2.09. The van der Waals surface area contributed by atoms with Crippen molar-refractivity contribution in [3.8, 4) is 5.69 Å². The average Bonchev–Trinajstić information content (AvgIpc) is 3.41. The van der Waals surface area contributed by atoms with Gasteiger partial charge in [-0.2, -0.15) is 0 Å². The Kier molecular flexibility index (Phi) is 5.29. The van der Waals surface area contributed by atoms with E-state index in [1.54, 1.807) is 11.3 Å². The van der Waals surface area contributed by atoms with Crippen LogP contribution < -0.4 is 0 Å². The van der Waals surface area contributed by atoms with Gasteiger partial charge in [0, 0.05) is 29.2 Å². The number of thiazole rings is 1. The number of aromatic amines is 1. The Morgan fingerprint density at radius 3 is 2.59 bits per heavy atom. The number of nitrogens with one attached hydrogen (secondary N) is 1. The van der Waals surface area contributed by atoms with E-state index >= 15 is 0 Å². The van der Waals surface area contributed by atoms with E-state index in [1.807, 2.05) is 24.3 Å². The van der Waals surface area contributed by atoms with Crippen LogP contribution in [0.15, 0.2) is 78.7 Å². The minimum absolute atomic E-state index is 0.678. The van der Waals surface area contributed by atoms with Gasteiger partial charge in [0.25, 0.3) is 0 Å². The Labute approximate surface area is 191 Å². The number of nitrogens with zero attached hydrogens (tertiary/aromatic N) is 4. The molecule has 5 nitrogen and oxygen atoms in total. The SMILES string of the molecule is Brc1nc(Sc2nnc(Cc3c[nH]c4ccccc34)n2-c2ccccc2)sc1Br. The van der Waals surface area contributed by atoms with Crippen molar-refractivity contribution in [2.45, 2.75) is 15.9 Å². The summed E-state index contributed by atoms with van der Waals surface area (Å²) in [6, 6.07) is 18.5. The molecule has 0 amide bonds. The van der Waals surface area contributed by atoms with Crippen LogP contribution in [0.5, 0.6) is 0 Å². The van der Waals surface area contributed by atoms with Crippen LogP contribution in [0.4, 0.5) is 0 Å². The van der Waals surface area contributed by atoms with E-state index in [9.17, 15) is 0 Å². The average molecular weight is 547 g/mol. The third-order valence-corrected chi connectivity index (χ3v) is 8.53. The summed E-state index contributed by atoms with van der Waals surface area (Å²) in [5.74, 6) is 0.887. The van der Waals surface area contributed by atoms with Crippen LogP contribution in [-0.4, -0.2) is 24.7 Å². The van der Waals surface area contributed by atoms with Crippen molar-refractivity contribution >= 4 is 65.9 Å². The minimum atomic E-state index is 0.678. The first-order chi connectivity index (χ1) is 14.2. The summed E-state index contributed by atoms with van der Waals surface area (Å²) >= 11 is 10.0. The summed E-state index contributed by atoms with van der Waals surface area (Å²) in [6.07, 6.45) is 2.73. The lowest BCUT2D eigenvalue weighted by molar-refractivity contribution is 0.848. The number of halogens is 2. The highest BCUT2D eigenvalue weighted by atomic mass is 79.9. The Hall–Kier alpha value is -1.94. The van der Waals surface area contributed by atoms with E-state index in [0.29, 0.717) is 6.42 Å². The molecular formula is C20H13Br2N5S2. The molecule has 29 heavy (non-hydrogen) atoms. The van der Waals surface area contributed by atoms with Crippen LogP contribution >= 0.6 is 55.0 Å². The van der Waals surface area contributed by atoms with E-state index < -0.39 is 0 Å². The zero-order valence-corrected chi connectivity index (χ0v) is 19.6. The molecule has 5 rings (SSSR count). The fraction of sp³-hybridized carbons (Fsp3) is 0.0500. The zero-order valence-electron chi connectivity index (χ0n) is 14.8. The molecule has 0 radical (unpaired) electrons. The second kappa shape index (κ2) is 8.06. The quantitative estimate of drug-likeness (QED) is 0.274. The summed E-state index contributed by atoms with van der Waals surface area (Å²) < 4.78 is 4.77. The minimum Gasteiger partial charge on any atom is -0.361 e. The van der Waals surface area contributed by atoms with Crippen molar-refractivity contribution < 1.29 is 0 Å². The third kappa shape index (κ3) is 3.79. The Bertz CT molecular complexity index is 1270. The molecule has 1 N–H and O–H groups in total. The van der Waals surface area contributed by atoms with Crippen LogP contribution in [0.1, 0.15) is 11.4 Å². The molecule has 0 bridgehead atoms. The van der Waals surface area contributed by atoms with Crippen LogP contribution in [0, 0.1) is 0 Å². The molecule has 5 aromatic rings. The molecule has 0 aliphatic rings. The normalized spacial score (nSPS) is 11.4. The maximum Gasteiger partial charge on any atom is 0.202 e. The molecule has 0 saturated carbocycles. The van der Waals surface area contributed by atoms with Gasteiger partial charge in [-0.3, -0.25) is 4.57 Å². The van der Waals surface area contributed by atoms with Crippen molar-refractivity contribution in [3.05, 3.63) is 80.6 Å². The summed E-state index contributed by atoms with van der Waals surface area (Å²) in [4.78, 5) is 7.87. The van der Waals surface area contributed by atoms with E-state index in [2.05, 4.69) is 93.1 Å². The molecule has 0 atom stereocenters. The van der Waals surface area contributed by atoms with Gasteiger partial charge < -0.3 is 4.98 Å². The first kappa shape index (κ1) is 19.0. The molecule has 3 heterocycles. The Morgan fingerprint density at radius 1 is 1.00 bits per heavy atom. The molecule has 3 aromatic heterocycles. The lowest BCUT2D eigenvalue weighted by Crippen LogP contribution is -2.03. The van der Waals surface area contributed by atoms with Gasteiger partial charge in [-0.25, -0.2) is 4.98 Å². The largest absolute Gasteiger partial charge is 0.361 e. The first-order valence-corrected chi connectivity index (χ1v) is 12.0. The number of H-pyrrole nitrogens is 1. The number of aromatic nitrogens is 5. The Balaban J connectivity index is 1.57. The van der Waals surface area contributed by atoms with E-state index in [1.165, 1.54) is 22.7 Å². The molecule has 0 unspecified atom stereocenters. The predicted molar refractivity (Wildman–Crippen MR) is 124 cm³/mol. The van der Waals surface area contributed by atoms with Crippen molar-refractivity contribution in [3.63, 3.8) is 0 Å². The van der Waals surface area contributed by atoms with Gasteiger partial charge in [0.2, 0.25) is 5.16 Å². The monoisotopic (exact) mass is 545 g/mol. The van der Waals surface area contributed by atoms with Gasteiger partial charge in [-0.1, -0.05) is 47.7 Å². The molecule has 2 aromatic carbocycles. The van der Waals surface area contributed by atoms with Crippen molar-refractivity contribution in [1.29, 1.82) is 0 Å². The van der Waals surface area contributed by atoms with E-state index in [-0.39, 0.29) is 0 Å². The molecular weight excluding hydrogens is 534 g/mol. The summed E-state index contributed by atoms with van der Waals surface area (Å²) in [5, 5.41) is 11.0. The second-order valence-corrected chi connectivity index (χ2v) is 10.5. The molecule has 144 valence electrons. The van der Waals surface area contributed by atoms with Crippen molar-refractivity contribution in [1.82, 2.24) is 24.7 Å². The third-order valence-electron chi connectivity index (χ3n) is 4.45. The van der Waals surface area contributed by atoms with Crippen molar-refractivity contribution in [2.75, 3.05) is 0 Å². The fourth-order valence-electron chi connectivity index (χ4n) is 3.15. The number of benzene rings is 2. The van der Waals surface area contributed by atoms with Crippen LogP contribution in [-0.2, 0) is 6.42 Å². The highest BCUT2D eigenvalue weighted by molar-refractivity contribution is 9.13. The van der Waals surface area contributed by atoms with E-state index in [4.69, 9.17) is 0 Å². The molecule has 9 heteroatoms. The fourth-order valence-corrected chi connectivity index (χ4v) is 6.42. The van der Waals surface area contributed by atoms with Gasteiger partial charge in [-0.15, -0.1) is 10.2 Å². The molecule has 0 aliphatic heterocycles. The smallest absolute Gasteiger partial charge is 0.202 e. The van der Waals surface area contributed by atoms with Crippen molar-refractivity contribution in [2.24, 2.45) is 0 Å². The summed E-state index contributed by atoms with van der Waals surface area (Å²) in [5.41, 5.74) is 3.35. The molecule has 0 saturated heterocycles. The highest BCUT2D eigenvalue weighted by Gasteiger charge is 2.19. The van der Waals surface area contributed by atoms with Crippen LogP contribution in [0.3, 0.4) is 0 Å². The summed E-state index contributed by atoms with van der Waals surface area (Å²) in [6.45, 7) is 0. The number of fused-ring (bicyclic) bond motifs is 1. The molecule has 0 spiro atoms. The maximum atomic E-state index is 4.53. The number of rotatable bonds is 5. The van der Waals surface area contributed by atoms with Gasteiger partial charge >= 0.3 is 0 Å². The van der Waals surface area contributed by atoms with Crippen LogP contribution in [0.25, 0.3) is 16.6 Å². The second-order valence-electron chi connectivity index (χ2n) is 6.25. The topological polar surface area (TPSA) is 59.4 Å². The number of hydrogen-bond donors (Lipinski definition) is 1. The number of para-hydroxylation sites is 2. The van der Waals surface area contributed by atoms with E-state index in [0.717, 1.165) is 34.9 Å². The standard InChI is InChI=1S/C20H13Br2N5S2/c21-17-18(22)28-20(24-17)29-19-26-25-16(27(19)13-6-2-1-3-7-13)10-12-11-23-15-9-5-4-8-14(12)15/h1-9,11,23H,10H2. The highest BCUT2D eigenvalue weighted by Crippen LogP contribution is 2.38. The summed E-state index contributed by atoms with van der Waals surface area (Å²) in [7, 11) is 0. The number of hydrogen-bond acceptors (Lipinski definition) is 5. The predicted octanol–water partition coefficient (Wildman–Crippen LogP) is 6.47. The molecule has 0 aliphatic carbocycles. The lowest BCUT2D eigenvalue weighted by atomic mass is 10.1. The first-order valence-electron chi connectivity index (χ1n) is 8.73. The van der Waals surface area contributed by atoms with Gasteiger partial charge in [0.05, 0.1) is 0 Å². The van der Waals surface area contributed by atoms with Gasteiger partial charge in [-0.05, 0) is 67.4 Å². The maximum absolute atomic E-state index is 4.53. The zero-order chi connectivity index (χ0) is 19.8. The van der Waals surface area contributed by atoms with Gasteiger partial charge in [0.1, 0.15) is 14.2 Å². The molecule has 0 fully saturated rings. The van der Waals surface area contributed by atoms with Gasteiger partial charge in [0.15, 0.2) is 4.34 Å².